The van der Waals surface area contributed by atoms with Crippen LogP contribution in [0.25, 0.3) is 0 Å². The van der Waals surface area contributed by atoms with Gasteiger partial charge in [0.2, 0.25) is 5.28 Å². The number of anilines is 1. The quantitative estimate of drug-likeness (QED) is 0.663. The topological polar surface area (TPSA) is 78.4 Å². The van der Waals surface area contributed by atoms with Gasteiger partial charge < -0.3 is 5.11 Å². The van der Waals surface area contributed by atoms with Gasteiger partial charge in [0.1, 0.15) is 0 Å². The van der Waals surface area contributed by atoms with Gasteiger partial charge >= 0.3 is 6.09 Å². The maximum absolute atomic E-state index is 13.6. The first-order chi connectivity index (χ1) is 9.54. The van der Waals surface area contributed by atoms with Crippen molar-refractivity contribution in [2.24, 2.45) is 11.8 Å². The first-order valence-electron chi connectivity index (χ1n) is 6.51. The zero-order valence-electron chi connectivity index (χ0n) is 10.6. The Hall–Kier alpha value is -1.63. The van der Waals surface area contributed by atoms with Gasteiger partial charge in [-0.3, -0.25) is 5.43 Å². The van der Waals surface area contributed by atoms with Crippen molar-refractivity contribution in [1.82, 2.24) is 15.0 Å². The van der Waals surface area contributed by atoms with Gasteiger partial charge in [0.25, 0.3) is 0 Å². The molecule has 2 N–H and O–H groups in total. The molecule has 108 valence electrons. The highest BCUT2D eigenvalue weighted by atomic mass is 35.5. The van der Waals surface area contributed by atoms with Gasteiger partial charge in [-0.1, -0.05) is 6.42 Å². The van der Waals surface area contributed by atoms with E-state index in [0.717, 1.165) is 36.9 Å². The highest BCUT2D eigenvalue weighted by Crippen LogP contribution is 2.46. The van der Waals surface area contributed by atoms with E-state index in [1.54, 1.807) is 0 Å². The van der Waals surface area contributed by atoms with E-state index in [1.165, 1.54) is 0 Å². The van der Waals surface area contributed by atoms with Crippen molar-refractivity contribution in [3.8, 4) is 0 Å². The summed E-state index contributed by atoms with van der Waals surface area (Å²) in [5, 5.41) is 10.3. The molecular formula is C12H14ClFN4O2. The summed E-state index contributed by atoms with van der Waals surface area (Å²) in [5.41, 5.74) is 2.54. The second-order valence-electron chi connectivity index (χ2n) is 5.34. The fraction of sp³-hybridized carbons (Fsp3) is 0.583. The van der Waals surface area contributed by atoms with Crippen LogP contribution in [0.1, 0.15) is 25.7 Å². The van der Waals surface area contributed by atoms with E-state index in [1.807, 2.05) is 0 Å². The van der Waals surface area contributed by atoms with Crippen LogP contribution in [0.3, 0.4) is 0 Å². The summed E-state index contributed by atoms with van der Waals surface area (Å²) in [5.74, 6) is -0.0320. The third-order valence-corrected chi connectivity index (χ3v) is 4.36. The van der Waals surface area contributed by atoms with Crippen LogP contribution in [0.5, 0.6) is 0 Å². The number of hydrazine groups is 1. The lowest BCUT2D eigenvalue weighted by Gasteiger charge is -2.32. The van der Waals surface area contributed by atoms with E-state index >= 15 is 0 Å². The Balaban J connectivity index is 1.81. The first kappa shape index (κ1) is 13.4. The Labute approximate surface area is 119 Å². The van der Waals surface area contributed by atoms with Crippen LogP contribution in [0.4, 0.5) is 15.0 Å². The van der Waals surface area contributed by atoms with Crippen molar-refractivity contribution in [2.75, 3.05) is 5.43 Å². The number of halogens is 2. The normalized spacial score (nSPS) is 27.6. The number of fused-ring (bicyclic) bond motifs is 2. The van der Waals surface area contributed by atoms with Crippen LogP contribution in [0, 0.1) is 17.7 Å². The van der Waals surface area contributed by atoms with Crippen LogP contribution in [-0.4, -0.2) is 32.2 Å². The minimum absolute atomic E-state index is 0.132. The van der Waals surface area contributed by atoms with E-state index < -0.39 is 11.9 Å². The summed E-state index contributed by atoms with van der Waals surface area (Å²) in [4.78, 5) is 18.6. The Bertz CT molecular complexity index is 544. The maximum Gasteiger partial charge on any atom is 0.426 e. The minimum atomic E-state index is -1.14. The number of aromatic nitrogens is 2. The van der Waals surface area contributed by atoms with Crippen molar-refractivity contribution >= 4 is 23.5 Å². The molecule has 2 saturated carbocycles. The number of nitrogens with one attached hydrogen (secondary N) is 1. The van der Waals surface area contributed by atoms with Crippen molar-refractivity contribution in [3.05, 3.63) is 17.3 Å². The van der Waals surface area contributed by atoms with Crippen LogP contribution in [0.15, 0.2) is 6.20 Å². The van der Waals surface area contributed by atoms with E-state index in [-0.39, 0.29) is 17.1 Å². The predicted molar refractivity (Wildman–Crippen MR) is 69.7 cm³/mol. The van der Waals surface area contributed by atoms with E-state index in [4.69, 9.17) is 11.6 Å². The molecule has 1 aromatic heterocycles. The molecule has 20 heavy (non-hydrogen) atoms. The average Bonchev–Trinajstić information content (AvgIpc) is 3.01. The molecule has 1 heterocycles. The maximum atomic E-state index is 13.6. The highest BCUT2D eigenvalue weighted by molar-refractivity contribution is 6.28. The Morgan fingerprint density at radius 1 is 1.50 bits per heavy atom. The number of rotatable bonds is 3. The summed E-state index contributed by atoms with van der Waals surface area (Å²) in [6, 6.07) is -0.139. The van der Waals surface area contributed by atoms with Crippen molar-refractivity contribution in [3.63, 3.8) is 0 Å². The van der Waals surface area contributed by atoms with Gasteiger partial charge in [0.05, 0.1) is 12.2 Å². The third kappa shape index (κ3) is 2.37. The van der Waals surface area contributed by atoms with Gasteiger partial charge in [-0.2, -0.15) is 4.98 Å². The Morgan fingerprint density at radius 2 is 2.30 bits per heavy atom. The average molecular weight is 301 g/mol. The van der Waals surface area contributed by atoms with Crippen LogP contribution in [0.2, 0.25) is 5.28 Å². The minimum Gasteiger partial charge on any atom is -0.464 e. The van der Waals surface area contributed by atoms with Crippen LogP contribution in [-0.2, 0) is 0 Å². The molecule has 2 aliphatic rings. The van der Waals surface area contributed by atoms with Gasteiger partial charge in [-0.15, -0.1) is 0 Å². The SMILES string of the molecule is O=C(O)N(Nc1nc(Cl)ncc1F)C1CC2CCC1C2. The van der Waals surface area contributed by atoms with Crippen molar-refractivity contribution in [2.45, 2.75) is 31.7 Å². The summed E-state index contributed by atoms with van der Waals surface area (Å²) >= 11 is 5.61. The molecular weight excluding hydrogens is 287 g/mol. The van der Waals surface area contributed by atoms with Gasteiger partial charge in [0, 0.05) is 0 Å². The lowest BCUT2D eigenvalue weighted by atomic mass is 9.95. The number of nitrogens with zero attached hydrogens (tertiary/aromatic N) is 3. The number of carboxylic acid groups (broad SMARTS) is 1. The first-order valence-corrected chi connectivity index (χ1v) is 6.89. The second kappa shape index (κ2) is 5.05. The summed E-state index contributed by atoms with van der Waals surface area (Å²) in [6.45, 7) is 0. The number of hydrogen-bond donors (Lipinski definition) is 2. The largest absolute Gasteiger partial charge is 0.464 e. The smallest absolute Gasteiger partial charge is 0.426 e. The molecule has 0 aromatic carbocycles. The van der Waals surface area contributed by atoms with E-state index in [0.29, 0.717) is 11.8 Å². The molecule has 2 fully saturated rings. The molecule has 1 amide bonds. The molecule has 0 radical (unpaired) electrons. The fourth-order valence-electron chi connectivity index (χ4n) is 3.34. The molecule has 3 rings (SSSR count). The summed E-state index contributed by atoms with van der Waals surface area (Å²) in [6.07, 6.45) is 3.80. The van der Waals surface area contributed by atoms with Gasteiger partial charge in [0.15, 0.2) is 11.6 Å². The molecule has 2 aliphatic carbocycles. The van der Waals surface area contributed by atoms with Gasteiger partial charge in [-0.05, 0) is 42.7 Å². The van der Waals surface area contributed by atoms with Crippen molar-refractivity contribution < 1.29 is 14.3 Å². The summed E-state index contributed by atoms with van der Waals surface area (Å²) < 4.78 is 13.6. The van der Waals surface area contributed by atoms with Crippen molar-refractivity contribution in [1.29, 1.82) is 0 Å². The molecule has 0 aliphatic heterocycles. The van der Waals surface area contributed by atoms with E-state index in [9.17, 15) is 14.3 Å². The number of amides is 1. The molecule has 0 saturated heterocycles. The molecule has 0 spiro atoms. The zero-order valence-corrected chi connectivity index (χ0v) is 11.3. The lowest BCUT2D eigenvalue weighted by molar-refractivity contribution is 0.119. The van der Waals surface area contributed by atoms with Crippen LogP contribution >= 0.6 is 11.6 Å². The zero-order chi connectivity index (χ0) is 14.3. The van der Waals surface area contributed by atoms with Crippen LogP contribution < -0.4 is 5.43 Å². The monoisotopic (exact) mass is 300 g/mol. The number of carbonyl (C=O) groups is 1. The Kier molecular flexibility index (Phi) is 3.37. The summed E-state index contributed by atoms with van der Waals surface area (Å²) in [7, 11) is 0. The molecule has 3 atom stereocenters. The van der Waals surface area contributed by atoms with Gasteiger partial charge in [-0.25, -0.2) is 19.2 Å². The molecule has 2 bridgehead atoms. The third-order valence-electron chi connectivity index (χ3n) is 4.18. The highest BCUT2D eigenvalue weighted by Gasteiger charge is 2.44. The molecule has 1 aromatic rings. The second-order valence-corrected chi connectivity index (χ2v) is 5.68. The molecule has 6 nitrogen and oxygen atoms in total. The molecule has 8 heteroatoms. The standard InChI is InChI=1S/C12H14ClFN4O2/c13-11-15-5-8(14)10(16-11)17-18(12(19)20)9-4-6-1-2-7(9)3-6/h5-7,9H,1-4H2,(H,19,20)(H,15,16,17). The fourth-order valence-corrected chi connectivity index (χ4v) is 3.47. The Morgan fingerprint density at radius 3 is 2.90 bits per heavy atom. The lowest BCUT2D eigenvalue weighted by Crippen LogP contribution is -2.46. The van der Waals surface area contributed by atoms with E-state index in [2.05, 4.69) is 15.4 Å². The predicted octanol–water partition coefficient (Wildman–Crippen LogP) is 2.76. The molecule has 3 unspecified atom stereocenters. The number of hydrogen-bond acceptors (Lipinski definition) is 4.